The van der Waals surface area contributed by atoms with E-state index in [0.29, 0.717) is 18.7 Å². The molecule has 0 saturated carbocycles. The van der Waals surface area contributed by atoms with Gasteiger partial charge in [0.1, 0.15) is 6.04 Å². The van der Waals surface area contributed by atoms with E-state index in [1.165, 1.54) is 0 Å². The van der Waals surface area contributed by atoms with E-state index < -0.39 is 18.0 Å². The lowest BCUT2D eigenvalue weighted by molar-refractivity contribution is -0.139. The molecule has 19 heavy (non-hydrogen) atoms. The maximum Gasteiger partial charge on any atom is 0.326 e. The van der Waals surface area contributed by atoms with E-state index in [-0.39, 0.29) is 0 Å². The number of carboxylic acids is 1. The van der Waals surface area contributed by atoms with Gasteiger partial charge in [0.05, 0.1) is 6.20 Å². The van der Waals surface area contributed by atoms with Crippen molar-refractivity contribution in [1.82, 2.24) is 20.4 Å². The molecule has 3 N–H and O–H groups in total. The van der Waals surface area contributed by atoms with Crippen LogP contribution in [0.3, 0.4) is 0 Å². The summed E-state index contributed by atoms with van der Waals surface area (Å²) < 4.78 is 1.63. The molecule has 1 unspecified atom stereocenters. The van der Waals surface area contributed by atoms with Crippen LogP contribution < -0.4 is 10.6 Å². The number of aliphatic carboxylic acids is 1. The van der Waals surface area contributed by atoms with E-state index >= 15 is 0 Å². The lowest BCUT2D eigenvalue weighted by atomic mass is 10.2. The first-order valence-electron chi connectivity index (χ1n) is 5.76. The molecule has 0 aliphatic rings. The zero-order valence-electron chi connectivity index (χ0n) is 10.9. The molecule has 0 radical (unpaired) electrons. The second-order valence-electron chi connectivity index (χ2n) is 4.02. The summed E-state index contributed by atoms with van der Waals surface area (Å²) in [6.07, 6.45) is 5.71. The number of rotatable bonds is 7. The average Bonchev–Trinajstić information content (AvgIpc) is 2.77. The Hall–Kier alpha value is -1.70. The maximum absolute atomic E-state index is 11.6. The number of aromatic nitrogens is 2. The van der Waals surface area contributed by atoms with Crippen molar-refractivity contribution in [2.45, 2.75) is 19.0 Å². The summed E-state index contributed by atoms with van der Waals surface area (Å²) in [6, 6.07) is -1.35. The van der Waals surface area contributed by atoms with Gasteiger partial charge in [0.25, 0.3) is 0 Å². The fraction of sp³-hybridized carbons (Fsp3) is 0.545. The van der Waals surface area contributed by atoms with Gasteiger partial charge in [-0.05, 0) is 18.4 Å². The van der Waals surface area contributed by atoms with Gasteiger partial charge in [0, 0.05) is 25.4 Å². The molecule has 0 spiro atoms. The van der Waals surface area contributed by atoms with Gasteiger partial charge in [0.15, 0.2) is 0 Å². The first kappa shape index (κ1) is 15.4. The van der Waals surface area contributed by atoms with Crippen LogP contribution in [0.1, 0.15) is 12.0 Å². The van der Waals surface area contributed by atoms with Gasteiger partial charge in [-0.25, -0.2) is 9.59 Å². The van der Waals surface area contributed by atoms with Crippen LogP contribution in [0.25, 0.3) is 0 Å². The third-order valence-electron chi connectivity index (χ3n) is 2.43. The van der Waals surface area contributed by atoms with Crippen molar-refractivity contribution in [3.63, 3.8) is 0 Å². The number of nitrogens with one attached hydrogen (secondary N) is 2. The molecule has 106 valence electrons. The van der Waals surface area contributed by atoms with Crippen molar-refractivity contribution in [3.05, 3.63) is 18.0 Å². The van der Waals surface area contributed by atoms with E-state index in [2.05, 4.69) is 15.7 Å². The summed E-state index contributed by atoms with van der Waals surface area (Å²) in [4.78, 5) is 22.5. The Bertz CT molecular complexity index is 435. The fourth-order valence-corrected chi connectivity index (χ4v) is 1.92. The number of carbonyl (C=O) groups excluding carboxylic acids is 1. The molecule has 2 amide bonds. The minimum absolute atomic E-state index is 0.314. The number of aryl methyl sites for hydroxylation is 1. The molecule has 0 aliphatic heterocycles. The van der Waals surface area contributed by atoms with Crippen LogP contribution in [0.4, 0.5) is 4.79 Å². The zero-order chi connectivity index (χ0) is 14.3. The van der Waals surface area contributed by atoms with Gasteiger partial charge in [-0.15, -0.1) is 0 Å². The highest BCUT2D eigenvalue weighted by atomic mass is 32.2. The molecule has 1 aromatic heterocycles. The predicted molar refractivity (Wildman–Crippen MR) is 73.0 cm³/mol. The maximum atomic E-state index is 11.6. The molecule has 8 heteroatoms. The molecule has 0 aliphatic carbocycles. The number of carboxylic acid groups (broad SMARTS) is 1. The van der Waals surface area contributed by atoms with Crippen molar-refractivity contribution in [1.29, 1.82) is 0 Å². The van der Waals surface area contributed by atoms with Gasteiger partial charge in [-0.3, -0.25) is 4.68 Å². The summed E-state index contributed by atoms with van der Waals surface area (Å²) >= 11 is 1.54. The first-order valence-corrected chi connectivity index (χ1v) is 7.16. The third kappa shape index (κ3) is 5.64. The number of urea groups is 1. The van der Waals surface area contributed by atoms with Crippen molar-refractivity contribution < 1.29 is 14.7 Å². The monoisotopic (exact) mass is 286 g/mol. The fourth-order valence-electron chi connectivity index (χ4n) is 1.45. The van der Waals surface area contributed by atoms with Crippen LogP contribution in [-0.4, -0.2) is 44.9 Å². The summed E-state index contributed by atoms with van der Waals surface area (Å²) in [7, 11) is 1.78. The van der Waals surface area contributed by atoms with Gasteiger partial charge in [0.2, 0.25) is 0 Å². The topological polar surface area (TPSA) is 96.3 Å². The quantitative estimate of drug-likeness (QED) is 0.675. The zero-order valence-corrected chi connectivity index (χ0v) is 11.7. The van der Waals surface area contributed by atoms with E-state index in [4.69, 9.17) is 5.11 Å². The Balaban J connectivity index is 2.37. The van der Waals surface area contributed by atoms with E-state index in [1.54, 1.807) is 35.9 Å². The van der Waals surface area contributed by atoms with Crippen LogP contribution in [0.15, 0.2) is 12.4 Å². The number of thioether (sulfide) groups is 1. The summed E-state index contributed by atoms with van der Waals surface area (Å²) in [5, 5.41) is 18.0. The number of carbonyl (C=O) groups is 2. The van der Waals surface area contributed by atoms with Gasteiger partial charge in [-0.2, -0.15) is 16.9 Å². The third-order valence-corrected chi connectivity index (χ3v) is 3.07. The van der Waals surface area contributed by atoms with Gasteiger partial charge < -0.3 is 15.7 Å². The standard InChI is InChI=1S/C11H18N4O3S/c1-15-7-8(6-13-15)5-12-11(18)14-9(10(16)17)3-4-19-2/h6-7,9H,3-5H2,1-2H3,(H,16,17)(H2,12,14,18). The molecule has 1 atom stereocenters. The van der Waals surface area contributed by atoms with E-state index in [0.717, 1.165) is 5.56 Å². The molecular formula is C11H18N4O3S. The van der Waals surface area contributed by atoms with Crippen molar-refractivity contribution in [2.24, 2.45) is 7.05 Å². The predicted octanol–water partition coefficient (Wildman–Crippen LogP) is 0.426. The average molecular weight is 286 g/mol. The van der Waals surface area contributed by atoms with Gasteiger partial charge >= 0.3 is 12.0 Å². The normalized spacial score (nSPS) is 11.9. The first-order chi connectivity index (χ1) is 9.02. The van der Waals surface area contributed by atoms with E-state index in [9.17, 15) is 9.59 Å². The number of hydrogen-bond donors (Lipinski definition) is 3. The Morgan fingerprint density at radius 2 is 2.32 bits per heavy atom. The van der Waals surface area contributed by atoms with E-state index in [1.807, 2.05) is 6.26 Å². The molecule has 0 aromatic carbocycles. The number of nitrogens with zero attached hydrogens (tertiary/aromatic N) is 2. The SMILES string of the molecule is CSCCC(NC(=O)NCc1cnn(C)c1)C(=O)O. The summed E-state index contributed by atoms with van der Waals surface area (Å²) in [5.41, 5.74) is 0.855. The number of hydrogen-bond acceptors (Lipinski definition) is 4. The molecule has 1 aromatic rings. The Labute approximate surface area is 115 Å². The Morgan fingerprint density at radius 1 is 1.58 bits per heavy atom. The van der Waals surface area contributed by atoms with Crippen molar-refractivity contribution in [3.8, 4) is 0 Å². The van der Waals surface area contributed by atoms with Crippen LogP contribution in [0.5, 0.6) is 0 Å². The van der Waals surface area contributed by atoms with Crippen LogP contribution in [0.2, 0.25) is 0 Å². The van der Waals surface area contributed by atoms with Crippen LogP contribution in [-0.2, 0) is 18.4 Å². The molecular weight excluding hydrogens is 268 g/mol. The van der Waals surface area contributed by atoms with Crippen LogP contribution >= 0.6 is 11.8 Å². The minimum Gasteiger partial charge on any atom is -0.480 e. The Kier molecular flexibility index (Phi) is 6.20. The molecule has 0 saturated heterocycles. The lowest BCUT2D eigenvalue weighted by Crippen LogP contribution is -2.46. The highest BCUT2D eigenvalue weighted by Crippen LogP contribution is 2.01. The Morgan fingerprint density at radius 3 is 2.84 bits per heavy atom. The second kappa shape index (κ2) is 7.67. The van der Waals surface area contributed by atoms with Gasteiger partial charge in [-0.1, -0.05) is 0 Å². The highest BCUT2D eigenvalue weighted by molar-refractivity contribution is 7.98. The molecule has 0 bridgehead atoms. The molecule has 7 nitrogen and oxygen atoms in total. The summed E-state index contributed by atoms with van der Waals surface area (Å²) in [6.45, 7) is 0.314. The number of amides is 2. The molecule has 1 rings (SSSR count). The molecule has 0 fully saturated rings. The second-order valence-corrected chi connectivity index (χ2v) is 5.01. The highest BCUT2D eigenvalue weighted by Gasteiger charge is 2.18. The lowest BCUT2D eigenvalue weighted by Gasteiger charge is -2.14. The van der Waals surface area contributed by atoms with Crippen molar-refractivity contribution in [2.75, 3.05) is 12.0 Å². The van der Waals surface area contributed by atoms with Crippen LogP contribution in [0, 0.1) is 0 Å². The molecule has 1 heterocycles. The largest absolute Gasteiger partial charge is 0.480 e. The smallest absolute Gasteiger partial charge is 0.326 e. The minimum atomic E-state index is -1.02. The summed E-state index contributed by atoms with van der Waals surface area (Å²) in [5.74, 6) is -0.342. The van der Waals surface area contributed by atoms with Crippen molar-refractivity contribution >= 4 is 23.8 Å².